The van der Waals surface area contributed by atoms with Crippen molar-refractivity contribution < 1.29 is 9.52 Å². The van der Waals surface area contributed by atoms with Gasteiger partial charge in [-0.2, -0.15) is 5.10 Å². The Morgan fingerprint density at radius 3 is 2.83 bits per heavy atom. The Labute approximate surface area is 205 Å². The van der Waals surface area contributed by atoms with E-state index in [9.17, 15) is 5.11 Å². The van der Waals surface area contributed by atoms with Crippen molar-refractivity contribution in [1.29, 1.82) is 0 Å². The fraction of sp³-hybridized carbons (Fsp3) is 0.192. The molecule has 6 heterocycles. The van der Waals surface area contributed by atoms with Gasteiger partial charge in [0.15, 0.2) is 17.1 Å². The van der Waals surface area contributed by atoms with Crippen molar-refractivity contribution in [2.24, 2.45) is 0 Å². The molecule has 0 fully saturated rings. The number of aromatic amines is 2. The molecule has 0 spiro atoms. The maximum atomic E-state index is 10.2. The van der Waals surface area contributed by atoms with E-state index < -0.39 is 6.23 Å². The first kappa shape index (κ1) is 21.9. The highest BCUT2D eigenvalue weighted by Gasteiger charge is 2.17. The van der Waals surface area contributed by atoms with Gasteiger partial charge in [-0.15, -0.1) is 0 Å². The van der Waals surface area contributed by atoms with Crippen molar-refractivity contribution in [2.45, 2.75) is 32.4 Å². The molecular weight excluding hydrogens is 456 g/mol. The van der Waals surface area contributed by atoms with Crippen molar-refractivity contribution in [2.75, 3.05) is 5.32 Å². The molecule has 6 aromatic rings. The Balaban J connectivity index is 1.36. The molecule has 1 unspecified atom stereocenters. The van der Waals surface area contributed by atoms with Gasteiger partial charge in [-0.1, -0.05) is 13.3 Å². The van der Waals surface area contributed by atoms with Crippen molar-refractivity contribution >= 4 is 27.9 Å². The molecule has 0 aliphatic heterocycles. The van der Waals surface area contributed by atoms with Gasteiger partial charge in [0.25, 0.3) is 0 Å². The van der Waals surface area contributed by atoms with Crippen LogP contribution in [0, 0.1) is 0 Å². The zero-order valence-electron chi connectivity index (χ0n) is 19.6. The molecule has 0 saturated carbocycles. The van der Waals surface area contributed by atoms with Gasteiger partial charge in [-0.3, -0.25) is 10.1 Å². The average Bonchev–Trinajstić information content (AvgIpc) is 3.66. The summed E-state index contributed by atoms with van der Waals surface area (Å²) < 4.78 is 5.25. The van der Waals surface area contributed by atoms with Gasteiger partial charge in [-0.25, -0.2) is 15.0 Å². The third kappa shape index (κ3) is 4.07. The minimum absolute atomic E-state index is 0.578. The molecule has 0 saturated heterocycles. The molecule has 0 aliphatic carbocycles. The van der Waals surface area contributed by atoms with Crippen LogP contribution in [0.2, 0.25) is 0 Å². The number of imidazole rings is 1. The number of anilines is 1. The maximum Gasteiger partial charge on any atom is 0.181 e. The summed E-state index contributed by atoms with van der Waals surface area (Å²) >= 11 is 0. The third-order valence-corrected chi connectivity index (χ3v) is 6.11. The van der Waals surface area contributed by atoms with Gasteiger partial charge < -0.3 is 19.8 Å². The lowest BCUT2D eigenvalue weighted by atomic mass is 10.1. The number of aromatic nitrogens is 7. The van der Waals surface area contributed by atoms with Gasteiger partial charge in [0.1, 0.15) is 11.9 Å². The van der Waals surface area contributed by atoms with Crippen LogP contribution in [0.25, 0.3) is 56.0 Å². The summed E-state index contributed by atoms with van der Waals surface area (Å²) in [4.78, 5) is 21.4. The van der Waals surface area contributed by atoms with Gasteiger partial charge in [0.05, 0.1) is 35.3 Å². The molecule has 0 aliphatic rings. The second-order valence-electron chi connectivity index (χ2n) is 8.61. The number of fused-ring (bicyclic) bond motifs is 2. The molecule has 4 N–H and O–H groups in total. The predicted octanol–water partition coefficient (Wildman–Crippen LogP) is 5.14. The van der Waals surface area contributed by atoms with Crippen LogP contribution in [0.3, 0.4) is 0 Å². The maximum absolute atomic E-state index is 10.2. The summed E-state index contributed by atoms with van der Waals surface area (Å²) in [6, 6.07) is 7.78. The van der Waals surface area contributed by atoms with E-state index >= 15 is 0 Å². The minimum Gasteiger partial charge on any atom is -0.472 e. The zero-order chi connectivity index (χ0) is 24.5. The highest BCUT2D eigenvalue weighted by atomic mass is 16.3. The van der Waals surface area contributed by atoms with Crippen LogP contribution in [0.1, 0.15) is 26.2 Å². The molecule has 36 heavy (non-hydrogen) atoms. The molecule has 0 amide bonds. The first-order chi connectivity index (χ1) is 17.7. The number of furan rings is 1. The van der Waals surface area contributed by atoms with E-state index in [4.69, 9.17) is 9.40 Å². The highest BCUT2D eigenvalue weighted by Crippen LogP contribution is 2.32. The van der Waals surface area contributed by atoms with Gasteiger partial charge in [-0.05, 0) is 37.1 Å². The van der Waals surface area contributed by atoms with Crippen molar-refractivity contribution in [3.63, 3.8) is 0 Å². The van der Waals surface area contributed by atoms with Crippen LogP contribution >= 0.6 is 0 Å². The van der Waals surface area contributed by atoms with Crippen LogP contribution in [-0.4, -0.2) is 46.5 Å². The summed E-state index contributed by atoms with van der Waals surface area (Å²) in [6.45, 7) is 2.10. The minimum atomic E-state index is -0.614. The Bertz CT molecular complexity index is 1640. The summed E-state index contributed by atoms with van der Waals surface area (Å²) in [5.41, 5.74) is 7.09. The van der Waals surface area contributed by atoms with Crippen LogP contribution in [0.15, 0.2) is 66.0 Å². The Kier molecular flexibility index (Phi) is 5.62. The van der Waals surface area contributed by atoms with E-state index in [1.807, 2.05) is 24.3 Å². The molecule has 10 heteroatoms. The molecular formula is C26H24N8O2. The number of H-pyrrole nitrogens is 2. The second-order valence-corrected chi connectivity index (χ2v) is 8.61. The van der Waals surface area contributed by atoms with Crippen molar-refractivity contribution in [3.05, 3.63) is 61.6 Å². The van der Waals surface area contributed by atoms with E-state index in [1.165, 1.54) is 0 Å². The van der Waals surface area contributed by atoms with Crippen LogP contribution < -0.4 is 5.32 Å². The third-order valence-electron chi connectivity index (χ3n) is 6.11. The lowest BCUT2D eigenvalue weighted by molar-refractivity contribution is 0.190. The topological polar surface area (TPSA) is 141 Å². The monoisotopic (exact) mass is 480 g/mol. The largest absolute Gasteiger partial charge is 0.472 e. The number of nitrogens with one attached hydrogen (secondary N) is 3. The summed E-state index contributed by atoms with van der Waals surface area (Å²) in [5.74, 6) is 0.613. The molecule has 6 aromatic heterocycles. The number of hydrogen-bond donors (Lipinski definition) is 4. The Morgan fingerprint density at radius 1 is 1.06 bits per heavy atom. The quantitative estimate of drug-likeness (QED) is 0.219. The lowest BCUT2D eigenvalue weighted by Crippen LogP contribution is -2.18. The number of nitrogens with zero attached hydrogens (tertiary/aromatic N) is 5. The normalized spacial score (nSPS) is 12.4. The van der Waals surface area contributed by atoms with Gasteiger partial charge in [0, 0.05) is 40.8 Å². The van der Waals surface area contributed by atoms with E-state index in [2.05, 4.69) is 42.4 Å². The second kappa shape index (κ2) is 9.23. The molecule has 0 bridgehead atoms. The standard InChI is InChI=1S/C26H24N8O2/c1-2-3-4-21(35)30-18-9-16(11-27-13-18)17-10-20-23(33-34-24(20)29-12-17)26-31-22-19(15-6-8-36-14-15)5-7-28-25(22)32-26/h5-14,21,30,35H,2-4H2,1H3,(H,28,31,32)(H,29,33,34). The molecule has 1 atom stereocenters. The lowest BCUT2D eigenvalue weighted by Gasteiger charge is -2.14. The number of rotatable bonds is 8. The Hall–Kier alpha value is -4.57. The Morgan fingerprint density at radius 2 is 1.97 bits per heavy atom. The zero-order valence-corrected chi connectivity index (χ0v) is 19.6. The summed E-state index contributed by atoms with van der Waals surface area (Å²) in [5, 5.41) is 21.6. The summed E-state index contributed by atoms with van der Waals surface area (Å²) in [6.07, 6.45) is 12.3. The summed E-state index contributed by atoms with van der Waals surface area (Å²) in [7, 11) is 0. The number of hydrogen-bond acceptors (Lipinski definition) is 8. The molecule has 0 aromatic carbocycles. The van der Waals surface area contributed by atoms with E-state index in [0.717, 1.165) is 51.7 Å². The van der Waals surface area contributed by atoms with Crippen molar-refractivity contribution in [1.82, 2.24) is 35.1 Å². The molecule has 0 radical (unpaired) electrons. The molecule has 6 rings (SSSR count). The average molecular weight is 481 g/mol. The van der Waals surface area contributed by atoms with Crippen molar-refractivity contribution in [3.8, 4) is 33.8 Å². The van der Waals surface area contributed by atoms with Crippen LogP contribution in [0.5, 0.6) is 0 Å². The number of aliphatic hydroxyl groups excluding tert-OH is 1. The van der Waals surface area contributed by atoms with Crippen LogP contribution in [0.4, 0.5) is 5.69 Å². The molecule has 10 nitrogen and oxygen atoms in total. The first-order valence-corrected chi connectivity index (χ1v) is 11.8. The first-order valence-electron chi connectivity index (χ1n) is 11.8. The van der Waals surface area contributed by atoms with E-state index in [-0.39, 0.29) is 0 Å². The van der Waals surface area contributed by atoms with Gasteiger partial charge in [0.2, 0.25) is 0 Å². The van der Waals surface area contributed by atoms with E-state index in [0.29, 0.717) is 29.2 Å². The fourth-order valence-electron chi connectivity index (χ4n) is 4.26. The van der Waals surface area contributed by atoms with E-state index in [1.54, 1.807) is 37.3 Å². The van der Waals surface area contributed by atoms with Crippen LogP contribution in [-0.2, 0) is 0 Å². The number of unbranched alkanes of at least 4 members (excludes halogenated alkanes) is 1. The highest BCUT2D eigenvalue weighted by molar-refractivity contribution is 5.96. The SMILES string of the molecule is CCCCC(O)Nc1cncc(-c2cnc3n[nH]c(-c4nc5nccc(-c6ccoc6)c5[nH]4)c3c2)c1. The predicted molar refractivity (Wildman–Crippen MR) is 137 cm³/mol. The number of pyridine rings is 3. The van der Waals surface area contributed by atoms with Gasteiger partial charge >= 0.3 is 0 Å². The smallest absolute Gasteiger partial charge is 0.181 e. The fourth-order valence-corrected chi connectivity index (χ4v) is 4.26. The number of aliphatic hydroxyl groups is 1. The molecule has 180 valence electrons.